The molecule has 0 spiro atoms. The quantitative estimate of drug-likeness (QED) is 0.410. The van der Waals surface area contributed by atoms with Gasteiger partial charge < -0.3 is 0 Å². The smallest absolute Gasteiger partial charge is 0.261 e. The topological polar surface area (TPSA) is 63.2 Å². The number of carbonyl (C=O) groups excluding carboxylic acids is 3. The van der Waals surface area contributed by atoms with E-state index < -0.39 is 5.91 Å². The van der Waals surface area contributed by atoms with Crippen molar-refractivity contribution in [1.82, 2.24) is 5.32 Å². The number of carbonyl (C=O) groups is 3. The summed E-state index contributed by atoms with van der Waals surface area (Å²) in [5, 5.41) is 2.04. The highest BCUT2D eigenvalue weighted by Gasteiger charge is 2.20. The first-order chi connectivity index (χ1) is 5.11. The fourth-order valence-electron chi connectivity index (χ4n) is 0.836. The summed E-state index contributed by atoms with van der Waals surface area (Å²) in [5.74, 6) is -1.26. The van der Waals surface area contributed by atoms with Crippen molar-refractivity contribution in [1.29, 1.82) is 0 Å². The van der Waals surface area contributed by atoms with Crippen LogP contribution in [0.5, 0.6) is 0 Å². The number of rotatable bonds is 1. The SMILES string of the molecule is CC(=O)C1=CCC(=O)NC1=O. The zero-order valence-corrected chi connectivity index (χ0v) is 6.01. The van der Waals surface area contributed by atoms with Crippen LogP contribution >= 0.6 is 0 Å². The Hall–Kier alpha value is -1.45. The average molecular weight is 153 g/mol. The Morgan fingerprint density at radius 2 is 2.18 bits per heavy atom. The first kappa shape index (κ1) is 7.65. The molecule has 1 aliphatic heterocycles. The van der Waals surface area contributed by atoms with Crippen LogP contribution < -0.4 is 5.32 Å². The van der Waals surface area contributed by atoms with Crippen LogP contribution in [0.1, 0.15) is 13.3 Å². The van der Waals surface area contributed by atoms with E-state index in [1.54, 1.807) is 0 Å². The number of hydrogen-bond acceptors (Lipinski definition) is 3. The molecule has 0 unspecified atom stereocenters. The molecule has 0 saturated heterocycles. The van der Waals surface area contributed by atoms with Crippen molar-refractivity contribution in [3.63, 3.8) is 0 Å². The van der Waals surface area contributed by atoms with Gasteiger partial charge in [-0.05, 0) is 6.92 Å². The van der Waals surface area contributed by atoms with E-state index in [1.165, 1.54) is 13.0 Å². The van der Waals surface area contributed by atoms with E-state index in [9.17, 15) is 14.4 Å². The Labute approximate surface area is 63.3 Å². The molecule has 0 aliphatic carbocycles. The van der Waals surface area contributed by atoms with E-state index in [4.69, 9.17) is 0 Å². The van der Waals surface area contributed by atoms with Gasteiger partial charge in [-0.3, -0.25) is 19.7 Å². The molecule has 2 amide bonds. The summed E-state index contributed by atoms with van der Waals surface area (Å²) < 4.78 is 0. The fourth-order valence-corrected chi connectivity index (χ4v) is 0.836. The molecule has 4 nitrogen and oxygen atoms in total. The molecule has 1 aliphatic rings. The van der Waals surface area contributed by atoms with E-state index in [0.29, 0.717) is 0 Å². The molecule has 11 heavy (non-hydrogen) atoms. The van der Waals surface area contributed by atoms with Crippen LogP contribution in [0.2, 0.25) is 0 Å². The van der Waals surface area contributed by atoms with Crippen molar-refractivity contribution >= 4 is 17.6 Å². The molecule has 0 bridgehead atoms. The van der Waals surface area contributed by atoms with Gasteiger partial charge in [-0.15, -0.1) is 0 Å². The van der Waals surface area contributed by atoms with Crippen molar-refractivity contribution in [3.8, 4) is 0 Å². The number of ketones is 1. The van der Waals surface area contributed by atoms with Gasteiger partial charge in [-0.25, -0.2) is 0 Å². The lowest BCUT2D eigenvalue weighted by molar-refractivity contribution is -0.129. The van der Waals surface area contributed by atoms with Crippen molar-refractivity contribution in [3.05, 3.63) is 11.6 Å². The van der Waals surface area contributed by atoms with E-state index >= 15 is 0 Å². The van der Waals surface area contributed by atoms with Gasteiger partial charge in [0.1, 0.15) is 0 Å². The van der Waals surface area contributed by atoms with Crippen molar-refractivity contribution in [2.45, 2.75) is 13.3 Å². The van der Waals surface area contributed by atoms with Gasteiger partial charge in [0.2, 0.25) is 5.91 Å². The molecule has 0 aromatic rings. The summed E-state index contributed by atoms with van der Waals surface area (Å²) in [7, 11) is 0. The summed E-state index contributed by atoms with van der Waals surface area (Å²) >= 11 is 0. The van der Waals surface area contributed by atoms with Crippen LogP contribution in [0.25, 0.3) is 0 Å². The second kappa shape index (κ2) is 2.65. The molecular formula is C7H7NO3. The maximum atomic E-state index is 10.8. The highest BCUT2D eigenvalue weighted by Crippen LogP contribution is 2.03. The summed E-state index contributed by atoms with van der Waals surface area (Å²) in [5.41, 5.74) is 0.0737. The molecule has 1 rings (SSSR count). The lowest BCUT2D eigenvalue weighted by atomic mass is 10.1. The monoisotopic (exact) mass is 153 g/mol. The molecule has 0 saturated carbocycles. The van der Waals surface area contributed by atoms with Crippen LogP contribution in [0.3, 0.4) is 0 Å². The molecule has 1 heterocycles. The maximum Gasteiger partial charge on any atom is 0.261 e. The van der Waals surface area contributed by atoms with Gasteiger partial charge in [0.25, 0.3) is 5.91 Å². The molecule has 4 heteroatoms. The lowest BCUT2D eigenvalue weighted by Gasteiger charge is -2.08. The van der Waals surface area contributed by atoms with E-state index in [-0.39, 0.29) is 23.7 Å². The molecule has 1 N–H and O–H groups in total. The third-order valence-corrected chi connectivity index (χ3v) is 1.37. The largest absolute Gasteiger partial charge is 0.294 e. The van der Waals surface area contributed by atoms with Gasteiger partial charge in [-0.1, -0.05) is 6.08 Å². The Morgan fingerprint density at radius 1 is 1.55 bits per heavy atom. The normalized spacial score (nSPS) is 17.4. The van der Waals surface area contributed by atoms with Gasteiger partial charge in [0.15, 0.2) is 5.78 Å². The second-order valence-electron chi connectivity index (χ2n) is 2.26. The van der Waals surface area contributed by atoms with Gasteiger partial charge in [0, 0.05) is 6.42 Å². The maximum absolute atomic E-state index is 10.8. The number of Topliss-reactive ketones (excluding diaryl/α,β-unsaturated/α-hetero) is 1. The predicted octanol–water partition coefficient (Wildman–Crippen LogP) is -0.452. The third kappa shape index (κ3) is 1.52. The Kier molecular flexibility index (Phi) is 1.85. The molecule has 0 aromatic carbocycles. The van der Waals surface area contributed by atoms with Crippen LogP contribution in [0.15, 0.2) is 11.6 Å². The first-order valence-corrected chi connectivity index (χ1v) is 3.16. The molecule has 0 fully saturated rings. The van der Waals surface area contributed by atoms with Crippen LogP contribution in [-0.4, -0.2) is 17.6 Å². The van der Waals surface area contributed by atoms with E-state index in [0.717, 1.165) is 0 Å². The molecule has 58 valence electrons. The number of amides is 2. The third-order valence-electron chi connectivity index (χ3n) is 1.37. The zero-order chi connectivity index (χ0) is 8.43. The van der Waals surface area contributed by atoms with Gasteiger partial charge in [-0.2, -0.15) is 0 Å². The summed E-state index contributed by atoms with van der Waals surface area (Å²) in [6, 6.07) is 0. The highest BCUT2D eigenvalue weighted by atomic mass is 16.2. The summed E-state index contributed by atoms with van der Waals surface area (Å²) in [6.45, 7) is 1.29. The average Bonchev–Trinajstić information content (AvgIpc) is 1.85. The highest BCUT2D eigenvalue weighted by molar-refractivity contribution is 6.23. The number of hydrogen-bond donors (Lipinski definition) is 1. The lowest BCUT2D eigenvalue weighted by Crippen LogP contribution is -2.36. The predicted molar refractivity (Wildman–Crippen MR) is 36.5 cm³/mol. The molecule has 0 atom stereocenters. The molecular weight excluding hydrogens is 146 g/mol. The minimum absolute atomic E-state index is 0.0737. The van der Waals surface area contributed by atoms with Crippen molar-refractivity contribution in [2.24, 2.45) is 0 Å². The Bertz CT molecular complexity index is 265. The first-order valence-electron chi connectivity index (χ1n) is 3.16. The van der Waals surface area contributed by atoms with Crippen LogP contribution in [0.4, 0.5) is 0 Å². The molecule has 0 radical (unpaired) electrons. The summed E-state index contributed by atoms with van der Waals surface area (Å²) in [6.07, 6.45) is 1.46. The Morgan fingerprint density at radius 3 is 2.64 bits per heavy atom. The van der Waals surface area contributed by atoms with Gasteiger partial charge in [0.05, 0.1) is 5.57 Å². The standard InChI is InChI=1S/C7H7NO3/c1-4(9)5-2-3-6(10)8-7(5)11/h2H,3H2,1H3,(H,8,10,11). The minimum atomic E-state index is -0.589. The Balaban J connectivity index is 2.89. The fraction of sp³-hybridized carbons (Fsp3) is 0.286. The second-order valence-corrected chi connectivity index (χ2v) is 2.26. The van der Waals surface area contributed by atoms with Gasteiger partial charge >= 0.3 is 0 Å². The van der Waals surface area contributed by atoms with Crippen LogP contribution in [-0.2, 0) is 14.4 Å². The van der Waals surface area contributed by atoms with Crippen LogP contribution in [0, 0.1) is 0 Å². The van der Waals surface area contributed by atoms with E-state index in [2.05, 4.69) is 0 Å². The van der Waals surface area contributed by atoms with E-state index in [1.807, 2.05) is 5.32 Å². The zero-order valence-electron chi connectivity index (χ0n) is 6.01. The minimum Gasteiger partial charge on any atom is -0.294 e. The summed E-state index contributed by atoms with van der Waals surface area (Å²) in [4.78, 5) is 32.1. The number of imide groups is 1. The molecule has 0 aromatic heterocycles. The van der Waals surface area contributed by atoms with Crippen molar-refractivity contribution < 1.29 is 14.4 Å². The van der Waals surface area contributed by atoms with Crippen molar-refractivity contribution in [2.75, 3.05) is 0 Å². The number of nitrogens with one attached hydrogen (secondary N) is 1.